The number of hydrogen-bond donors (Lipinski definition) is 0. The second-order valence-corrected chi connectivity index (χ2v) is 2.41. The molecule has 0 fully saturated rings. The molecule has 56 valence electrons. The fraction of sp³-hybridized carbons (Fsp3) is 0. The summed E-state index contributed by atoms with van der Waals surface area (Å²) in [5.41, 5.74) is 1.59. The van der Waals surface area contributed by atoms with E-state index in [1.54, 1.807) is 18.6 Å². The van der Waals surface area contributed by atoms with Crippen LogP contribution in [0.15, 0.2) is 30.7 Å². The largest absolute Gasteiger partial charge is 0.263 e. The summed E-state index contributed by atoms with van der Waals surface area (Å²) in [7, 11) is 0. The Morgan fingerprint density at radius 3 is 3.08 bits per heavy atom. The minimum Gasteiger partial charge on any atom is -0.263 e. The summed E-state index contributed by atoms with van der Waals surface area (Å²) >= 11 is 0. The Morgan fingerprint density at radius 2 is 2.25 bits per heavy atom. The van der Waals surface area contributed by atoms with E-state index in [4.69, 9.17) is 6.42 Å². The van der Waals surface area contributed by atoms with Crippen LogP contribution in [0, 0.1) is 12.3 Å². The summed E-state index contributed by atoms with van der Waals surface area (Å²) in [6.45, 7) is 0. The fourth-order valence-electron chi connectivity index (χ4n) is 1.11. The van der Waals surface area contributed by atoms with E-state index < -0.39 is 0 Å². The van der Waals surface area contributed by atoms with Crippen molar-refractivity contribution < 1.29 is 0 Å². The highest BCUT2D eigenvalue weighted by Gasteiger charge is 1.97. The van der Waals surface area contributed by atoms with Crippen molar-refractivity contribution in [1.29, 1.82) is 0 Å². The first kappa shape index (κ1) is 6.81. The maximum atomic E-state index is 5.29. The highest BCUT2D eigenvalue weighted by atomic mass is 14.7. The lowest BCUT2D eigenvalue weighted by atomic mass is 10.2. The van der Waals surface area contributed by atoms with Crippen molar-refractivity contribution in [2.45, 2.75) is 0 Å². The predicted molar refractivity (Wildman–Crippen MR) is 47.5 cm³/mol. The number of hydrogen-bond acceptors (Lipinski definition) is 2. The van der Waals surface area contributed by atoms with Crippen molar-refractivity contribution in [1.82, 2.24) is 9.97 Å². The maximum Gasteiger partial charge on any atom is 0.0889 e. The molecule has 2 aromatic heterocycles. The summed E-state index contributed by atoms with van der Waals surface area (Å²) in [6.07, 6.45) is 10.4. The summed E-state index contributed by atoms with van der Waals surface area (Å²) < 4.78 is 0. The molecule has 2 rings (SSSR count). The lowest BCUT2D eigenvalue weighted by Gasteiger charge is -1.96. The zero-order chi connectivity index (χ0) is 8.39. The molecule has 0 radical (unpaired) electrons. The molecular weight excluding hydrogens is 148 g/mol. The van der Waals surface area contributed by atoms with Gasteiger partial charge in [0, 0.05) is 24.0 Å². The average molecular weight is 154 g/mol. The summed E-state index contributed by atoms with van der Waals surface area (Å²) in [5, 5.41) is 0.980. The van der Waals surface area contributed by atoms with Gasteiger partial charge >= 0.3 is 0 Å². The second-order valence-electron chi connectivity index (χ2n) is 2.41. The van der Waals surface area contributed by atoms with Gasteiger partial charge in [-0.25, -0.2) is 0 Å². The Kier molecular flexibility index (Phi) is 1.49. The number of nitrogens with zero attached hydrogens (tertiary/aromatic N) is 2. The molecule has 0 unspecified atom stereocenters. The normalized spacial score (nSPS) is 9.58. The third-order valence-corrected chi connectivity index (χ3v) is 1.67. The van der Waals surface area contributed by atoms with Crippen LogP contribution in [0.4, 0.5) is 0 Å². The lowest BCUT2D eigenvalue weighted by Crippen LogP contribution is -1.84. The van der Waals surface area contributed by atoms with Crippen LogP contribution >= 0.6 is 0 Å². The molecule has 2 aromatic rings. The van der Waals surface area contributed by atoms with Crippen LogP contribution in [0.1, 0.15) is 5.56 Å². The van der Waals surface area contributed by atoms with Crippen LogP contribution in [0.25, 0.3) is 10.9 Å². The van der Waals surface area contributed by atoms with Crippen molar-refractivity contribution in [2.24, 2.45) is 0 Å². The standard InChI is InChI=1S/C10H6N2/c1-2-8-6-11-7-9-4-3-5-12-10(8)9/h1,3-7H. The predicted octanol–water partition coefficient (Wildman–Crippen LogP) is 1.61. The van der Waals surface area contributed by atoms with Crippen LogP contribution in [0.5, 0.6) is 0 Å². The van der Waals surface area contributed by atoms with Gasteiger partial charge in [-0.1, -0.05) is 5.92 Å². The second kappa shape index (κ2) is 2.63. The first-order chi connectivity index (χ1) is 5.92. The topological polar surface area (TPSA) is 25.8 Å². The Morgan fingerprint density at radius 1 is 1.33 bits per heavy atom. The van der Waals surface area contributed by atoms with Gasteiger partial charge in [0.1, 0.15) is 0 Å². The van der Waals surface area contributed by atoms with Crippen molar-refractivity contribution >= 4 is 10.9 Å². The molecule has 2 heterocycles. The zero-order valence-electron chi connectivity index (χ0n) is 6.36. The molecule has 2 nitrogen and oxygen atoms in total. The van der Waals surface area contributed by atoms with Crippen LogP contribution in [-0.2, 0) is 0 Å². The van der Waals surface area contributed by atoms with E-state index in [2.05, 4.69) is 15.9 Å². The summed E-state index contributed by atoms with van der Waals surface area (Å²) in [5.74, 6) is 2.54. The van der Waals surface area contributed by atoms with E-state index in [0.717, 1.165) is 16.5 Å². The van der Waals surface area contributed by atoms with Crippen LogP contribution < -0.4 is 0 Å². The van der Waals surface area contributed by atoms with E-state index in [-0.39, 0.29) is 0 Å². The SMILES string of the molecule is C#Cc1cncc2cccnc12. The van der Waals surface area contributed by atoms with Gasteiger partial charge in [0.15, 0.2) is 0 Å². The van der Waals surface area contributed by atoms with E-state index in [1.165, 1.54) is 0 Å². The minimum absolute atomic E-state index is 0.744. The molecule has 0 aliphatic heterocycles. The average Bonchev–Trinajstić information content (AvgIpc) is 2.17. The molecule has 0 aliphatic rings. The first-order valence-electron chi connectivity index (χ1n) is 3.57. The summed E-state index contributed by atoms with van der Waals surface area (Å²) in [4.78, 5) is 8.17. The van der Waals surface area contributed by atoms with Gasteiger partial charge in [0.2, 0.25) is 0 Å². The van der Waals surface area contributed by atoms with Gasteiger partial charge in [-0.05, 0) is 12.1 Å². The van der Waals surface area contributed by atoms with Crippen molar-refractivity contribution in [3.05, 3.63) is 36.3 Å². The van der Waals surface area contributed by atoms with E-state index in [9.17, 15) is 0 Å². The van der Waals surface area contributed by atoms with Gasteiger partial charge in [-0.15, -0.1) is 6.42 Å². The Bertz CT molecular complexity index is 449. The first-order valence-corrected chi connectivity index (χ1v) is 3.57. The molecule has 0 spiro atoms. The number of fused-ring (bicyclic) bond motifs is 1. The summed E-state index contributed by atoms with van der Waals surface area (Å²) in [6, 6.07) is 3.81. The van der Waals surface area contributed by atoms with Crippen molar-refractivity contribution in [2.75, 3.05) is 0 Å². The highest BCUT2D eigenvalue weighted by molar-refractivity contribution is 5.82. The van der Waals surface area contributed by atoms with Gasteiger partial charge in [0.05, 0.1) is 11.1 Å². The van der Waals surface area contributed by atoms with Crippen molar-refractivity contribution in [3.8, 4) is 12.3 Å². The smallest absolute Gasteiger partial charge is 0.0889 e. The van der Waals surface area contributed by atoms with Gasteiger partial charge in [0.25, 0.3) is 0 Å². The molecule has 0 saturated heterocycles. The van der Waals surface area contributed by atoms with E-state index in [1.807, 2.05) is 12.1 Å². The molecule has 0 aliphatic carbocycles. The lowest BCUT2D eigenvalue weighted by molar-refractivity contribution is 1.31. The van der Waals surface area contributed by atoms with Gasteiger partial charge in [-0.2, -0.15) is 0 Å². The molecule has 0 N–H and O–H groups in total. The molecule has 0 saturated carbocycles. The molecule has 2 heteroatoms. The Balaban J connectivity index is 2.91. The highest BCUT2D eigenvalue weighted by Crippen LogP contribution is 2.12. The van der Waals surface area contributed by atoms with Gasteiger partial charge in [-0.3, -0.25) is 9.97 Å². The molecule has 0 atom stereocenters. The zero-order valence-corrected chi connectivity index (χ0v) is 6.36. The Labute approximate surface area is 70.3 Å². The van der Waals surface area contributed by atoms with Crippen LogP contribution in [0.2, 0.25) is 0 Å². The molecule has 0 amide bonds. The van der Waals surface area contributed by atoms with Crippen molar-refractivity contribution in [3.63, 3.8) is 0 Å². The number of terminal acetylenes is 1. The van der Waals surface area contributed by atoms with Crippen LogP contribution in [0.3, 0.4) is 0 Å². The Hall–Kier alpha value is -1.88. The van der Waals surface area contributed by atoms with E-state index in [0.29, 0.717) is 0 Å². The fourth-order valence-corrected chi connectivity index (χ4v) is 1.11. The number of aromatic nitrogens is 2. The molecule has 0 bridgehead atoms. The van der Waals surface area contributed by atoms with Gasteiger partial charge < -0.3 is 0 Å². The quantitative estimate of drug-likeness (QED) is 0.539. The maximum absolute atomic E-state index is 5.29. The van der Waals surface area contributed by atoms with E-state index >= 15 is 0 Å². The number of rotatable bonds is 0. The molecular formula is C10H6N2. The third kappa shape index (κ3) is 0.923. The molecule has 12 heavy (non-hydrogen) atoms. The minimum atomic E-state index is 0.744. The third-order valence-electron chi connectivity index (χ3n) is 1.67. The monoisotopic (exact) mass is 154 g/mol. The molecule has 0 aromatic carbocycles. The number of pyridine rings is 2. The van der Waals surface area contributed by atoms with Crippen LogP contribution in [-0.4, -0.2) is 9.97 Å².